The van der Waals surface area contributed by atoms with Crippen LogP contribution in [0.2, 0.25) is 0 Å². The van der Waals surface area contributed by atoms with Gasteiger partial charge in [-0.15, -0.1) is 0 Å². The summed E-state index contributed by atoms with van der Waals surface area (Å²) < 4.78 is 6.06. The fourth-order valence-electron chi connectivity index (χ4n) is 2.35. The fourth-order valence-corrected chi connectivity index (χ4v) is 2.35. The number of carbonyl (C=O) groups is 3. The molecule has 0 aromatic carbocycles. The van der Waals surface area contributed by atoms with Crippen molar-refractivity contribution in [3.05, 3.63) is 32.6 Å². The van der Waals surface area contributed by atoms with Crippen molar-refractivity contribution < 1.29 is 24.2 Å². The van der Waals surface area contributed by atoms with Crippen LogP contribution in [0.15, 0.2) is 15.8 Å². The largest absolute Gasteiger partial charge is 0.480 e. The Labute approximate surface area is 161 Å². The Hall–Kier alpha value is -2.95. The topological polar surface area (TPSA) is 165 Å². The molecule has 11 heteroatoms. The van der Waals surface area contributed by atoms with Crippen LogP contribution in [0, 0.1) is 6.92 Å². The molecule has 0 saturated carbocycles. The van der Waals surface area contributed by atoms with Gasteiger partial charge < -0.3 is 15.6 Å². The Morgan fingerprint density at radius 1 is 1.32 bits per heavy atom. The SMILES string of the molecule is Cc1cn(CC(=O)N(C(=O)OC(C)(C)C)[C@H](CCCN)C(=O)O)c(=O)[nH]c1=O. The summed E-state index contributed by atoms with van der Waals surface area (Å²) in [7, 11) is 0. The van der Waals surface area contributed by atoms with Gasteiger partial charge in [-0.2, -0.15) is 0 Å². The summed E-state index contributed by atoms with van der Waals surface area (Å²) in [5.74, 6) is -2.37. The Kier molecular flexibility index (Phi) is 7.68. The van der Waals surface area contributed by atoms with Gasteiger partial charge >= 0.3 is 17.8 Å². The maximum Gasteiger partial charge on any atom is 0.417 e. The monoisotopic (exact) mass is 398 g/mol. The van der Waals surface area contributed by atoms with Crippen LogP contribution in [0.4, 0.5) is 4.79 Å². The molecule has 0 unspecified atom stereocenters. The molecule has 1 rings (SSSR count). The van der Waals surface area contributed by atoms with Crippen molar-refractivity contribution in [2.75, 3.05) is 6.54 Å². The molecule has 0 spiro atoms. The van der Waals surface area contributed by atoms with Gasteiger partial charge in [-0.1, -0.05) is 0 Å². The van der Waals surface area contributed by atoms with Gasteiger partial charge in [-0.25, -0.2) is 19.3 Å². The standard InChI is InChI=1S/C17H26N4O7/c1-10-8-20(15(26)19-13(10)23)9-12(22)21(16(27)28-17(2,3)4)11(14(24)25)6-5-7-18/h8,11H,5-7,9,18H2,1-4H3,(H,24,25)(H,19,23,26)/t11-/m1/s1. The number of nitrogens with zero attached hydrogens (tertiary/aromatic N) is 2. The minimum absolute atomic E-state index is 0.0730. The summed E-state index contributed by atoms with van der Waals surface area (Å²) in [6, 6.07) is -1.51. The summed E-state index contributed by atoms with van der Waals surface area (Å²) in [5, 5.41) is 9.51. The lowest BCUT2D eigenvalue weighted by Crippen LogP contribution is -2.52. The number of aromatic amines is 1. The number of rotatable bonds is 7. The second-order valence-corrected chi connectivity index (χ2v) is 7.23. The molecule has 1 atom stereocenters. The molecule has 0 aliphatic heterocycles. The first-order chi connectivity index (χ1) is 12.9. The van der Waals surface area contributed by atoms with Crippen LogP contribution < -0.4 is 17.0 Å². The van der Waals surface area contributed by atoms with Crippen LogP contribution in [0.5, 0.6) is 0 Å². The molecule has 0 fully saturated rings. The van der Waals surface area contributed by atoms with E-state index in [1.165, 1.54) is 6.92 Å². The van der Waals surface area contributed by atoms with Crippen molar-refractivity contribution >= 4 is 18.0 Å². The van der Waals surface area contributed by atoms with Gasteiger partial charge in [0.05, 0.1) is 0 Å². The zero-order valence-corrected chi connectivity index (χ0v) is 16.4. The highest BCUT2D eigenvalue weighted by atomic mass is 16.6. The van der Waals surface area contributed by atoms with Crippen LogP contribution >= 0.6 is 0 Å². The van der Waals surface area contributed by atoms with Gasteiger partial charge in [0.2, 0.25) is 0 Å². The van der Waals surface area contributed by atoms with Gasteiger partial charge in [-0.3, -0.25) is 19.1 Å². The Balaban J connectivity index is 3.29. The summed E-state index contributed by atoms with van der Waals surface area (Å²) in [5.41, 5.74) is 3.15. The third kappa shape index (κ3) is 6.34. The van der Waals surface area contributed by atoms with E-state index >= 15 is 0 Å². The van der Waals surface area contributed by atoms with Crippen LogP contribution in [-0.2, 0) is 20.9 Å². The van der Waals surface area contributed by atoms with E-state index in [-0.39, 0.29) is 24.9 Å². The quantitative estimate of drug-likeness (QED) is 0.568. The number of carbonyl (C=O) groups excluding carboxylic acids is 2. The van der Waals surface area contributed by atoms with Crippen LogP contribution in [0.3, 0.4) is 0 Å². The third-order valence-corrected chi connectivity index (χ3v) is 3.63. The number of carboxylic acids is 1. The molecule has 0 aliphatic rings. The molecule has 28 heavy (non-hydrogen) atoms. The van der Waals surface area contributed by atoms with E-state index in [4.69, 9.17) is 10.5 Å². The van der Waals surface area contributed by atoms with E-state index in [9.17, 15) is 29.1 Å². The van der Waals surface area contributed by atoms with E-state index < -0.39 is 47.4 Å². The Bertz CT molecular complexity index is 850. The van der Waals surface area contributed by atoms with Crippen molar-refractivity contribution in [2.45, 2.75) is 58.7 Å². The molecular formula is C17H26N4O7. The minimum atomic E-state index is -1.51. The van der Waals surface area contributed by atoms with E-state index in [1.54, 1.807) is 20.8 Å². The molecule has 0 bridgehead atoms. The number of ether oxygens (including phenoxy) is 1. The predicted molar refractivity (Wildman–Crippen MR) is 98.9 cm³/mol. The van der Waals surface area contributed by atoms with Crippen molar-refractivity contribution in [3.8, 4) is 0 Å². The van der Waals surface area contributed by atoms with Crippen molar-refractivity contribution in [2.24, 2.45) is 5.73 Å². The predicted octanol–water partition coefficient (Wildman–Crippen LogP) is -0.199. The highest BCUT2D eigenvalue weighted by molar-refractivity contribution is 5.96. The van der Waals surface area contributed by atoms with E-state index in [0.29, 0.717) is 4.90 Å². The first kappa shape index (κ1) is 23.1. The van der Waals surface area contributed by atoms with E-state index in [2.05, 4.69) is 0 Å². The Morgan fingerprint density at radius 3 is 2.43 bits per heavy atom. The second kappa shape index (κ2) is 9.31. The average molecular weight is 398 g/mol. The third-order valence-electron chi connectivity index (χ3n) is 3.63. The minimum Gasteiger partial charge on any atom is -0.480 e. The number of H-pyrrole nitrogens is 1. The van der Waals surface area contributed by atoms with Crippen LogP contribution in [0.1, 0.15) is 39.2 Å². The molecule has 1 aromatic heterocycles. The lowest BCUT2D eigenvalue weighted by molar-refractivity contribution is -0.150. The summed E-state index contributed by atoms with van der Waals surface area (Å²) in [6.07, 6.45) is 0.190. The first-order valence-corrected chi connectivity index (χ1v) is 8.65. The number of hydrogen-bond donors (Lipinski definition) is 3. The normalized spacial score (nSPS) is 12.3. The molecule has 0 radical (unpaired) electrons. The highest BCUT2D eigenvalue weighted by Gasteiger charge is 2.37. The molecule has 156 valence electrons. The second-order valence-electron chi connectivity index (χ2n) is 7.23. The number of aromatic nitrogens is 2. The number of imide groups is 1. The number of hydrogen-bond acceptors (Lipinski definition) is 7. The number of aliphatic carboxylic acids is 1. The van der Waals surface area contributed by atoms with Gasteiger partial charge in [0, 0.05) is 11.8 Å². The number of aryl methyl sites for hydroxylation is 1. The molecular weight excluding hydrogens is 372 g/mol. The zero-order chi connectivity index (χ0) is 21.6. The van der Waals surface area contributed by atoms with Gasteiger partial charge in [0.15, 0.2) is 0 Å². The fraction of sp³-hybridized carbons (Fsp3) is 0.588. The van der Waals surface area contributed by atoms with Gasteiger partial charge in [0.1, 0.15) is 18.2 Å². The summed E-state index contributed by atoms with van der Waals surface area (Å²) in [6.45, 7) is 5.66. The highest BCUT2D eigenvalue weighted by Crippen LogP contribution is 2.16. The van der Waals surface area contributed by atoms with Gasteiger partial charge in [-0.05, 0) is 47.1 Å². The van der Waals surface area contributed by atoms with Crippen molar-refractivity contribution in [1.29, 1.82) is 0 Å². The smallest absolute Gasteiger partial charge is 0.417 e. The molecule has 1 heterocycles. The average Bonchev–Trinajstić information content (AvgIpc) is 2.54. The lowest BCUT2D eigenvalue weighted by atomic mass is 10.1. The number of carboxylic acid groups (broad SMARTS) is 1. The van der Waals surface area contributed by atoms with E-state index in [1.807, 2.05) is 4.98 Å². The summed E-state index contributed by atoms with van der Waals surface area (Å²) in [4.78, 5) is 62.9. The van der Waals surface area contributed by atoms with Crippen LogP contribution in [-0.4, -0.2) is 55.7 Å². The Morgan fingerprint density at radius 2 is 1.93 bits per heavy atom. The number of nitrogens with two attached hydrogens (primary N) is 1. The molecule has 2 amide bonds. The van der Waals surface area contributed by atoms with Gasteiger partial charge in [0.25, 0.3) is 11.5 Å². The number of nitrogens with one attached hydrogen (secondary N) is 1. The summed E-state index contributed by atoms with van der Waals surface area (Å²) >= 11 is 0. The molecule has 11 nitrogen and oxygen atoms in total. The van der Waals surface area contributed by atoms with E-state index in [0.717, 1.165) is 10.8 Å². The lowest BCUT2D eigenvalue weighted by Gasteiger charge is -2.30. The molecule has 1 aromatic rings. The first-order valence-electron chi connectivity index (χ1n) is 8.65. The number of amides is 2. The van der Waals surface area contributed by atoms with Crippen LogP contribution in [0.25, 0.3) is 0 Å². The molecule has 0 saturated heterocycles. The van der Waals surface area contributed by atoms with Crippen molar-refractivity contribution in [3.63, 3.8) is 0 Å². The maximum absolute atomic E-state index is 12.8. The van der Waals surface area contributed by atoms with Crippen molar-refractivity contribution in [1.82, 2.24) is 14.5 Å². The zero-order valence-electron chi connectivity index (χ0n) is 16.4. The maximum atomic E-state index is 12.8. The molecule has 0 aliphatic carbocycles. The molecule has 4 N–H and O–H groups in total.